The van der Waals surface area contributed by atoms with Crippen molar-refractivity contribution in [3.05, 3.63) is 34.1 Å². The maximum Gasteiger partial charge on any atom is 0.408 e. The topological polar surface area (TPSA) is 15.3 Å². The van der Waals surface area contributed by atoms with Gasteiger partial charge >= 0.3 is 6.18 Å². The SMILES string of the molecule is Fc1ccc(Br)cc1[C@@H](N1CCNCC1)C(F)(F)F. The van der Waals surface area contributed by atoms with Crippen LogP contribution in [0.25, 0.3) is 0 Å². The summed E-state index contributed by atoms with van der Waals surface area (Å²) in [6, 6.07) is 1.76. The van der Waals surface area contributed by atoms with Crippen LogP contribution in [0.15, 0.2) is 22.7 Å². The molecule has 0 aliphatic carbocycles. The highest BCUT2D eigenvalue weighted by atomic mass is 79.9. The minimum absolute atomic E-state index is 0.246. The van der Waals surface area contributed by atoms with E-state index in [2.05, 4.69) is 21.2 Å². The van der Waals surface area contributed by atoms with Gasteiger partial charge in [0.25, 0.3) is 0 Å². The van der Waals surface area contributed by atoms with Crippen molar-refractivity contribution < 1.29 is 17.6 Å². The first-order valence-corrected chi connectivity index (χ1v) is 6.65. The third kappa shape index (κ3) is 3.46. The zero-order chi connectivity index (χ0) is 14.0. The second-order valence-electron chi connectivity index (χ2n) is 4.40. The van der Waals surface area contributed by atoms with Crippen LogP contribution in [0, 0.1) is 5.82 Å². The van der Waals surface area contributed by atoms with Crippen molar-refractivity contribution in [1.29, 1.82) is 0 Å². The summed E-state index contributed by atoms with van der Waals surface area (Å²) in [6.07, 6.45) is -4.50. The first-order chi connectivity index (χ1) is 8.89. The van der Waals surface area contributed by atoms with E-state index in [0.717, 1.165) is 6.07 Å². The largest absolute Gasteiger partial charge is 0.408 e. The van der Waals surface area contributed by atoms with E-state index in [-0.39, 0.29) is 18.7 Å². The molecule has 1 N–H and O–H groups in total. The lowest BCUT2D eigenvalue weighted by molar-refractivity contribution is -0.188. The van der Waals surface area contributed by atoms with E-state index in [1.807, 2.05) is 0 Å². The van der Waals surface area contributed by atoms with E-state index in [1.165, 1.54) is 17.0 Å². The van der Waals surface area contributed by atoms with Crippen LogP contribution in [0.3, 0.4) is 0 Å². The van der Waals surface area contributed by atoms with E-state index < -0.39 is 18.0 Å². The maximum atomic E-state index is 13.7. The Balaban J connectivity index is 2.39. The minimum Gasteiger partial charge on any atom is -0.314 e. The normalized spacial score (nSPS) is 19.4. The number of hydrogen-bond donors (Lipinski definition) is 1. The van der Waals surface area contributed by atoms with Crippen molar-refractivity contribution in [2.75, 3.05) is 26.2 Å². The van der Waals surface area contributed by atoms with Gasteiger partial charge in [-0.1, -0.05) is 15.9 Å². The van der Waals surface area contributed by atoms with Gasteiger partial charge in [0.15, 0.2) is 0 Å². The van der Waals surface area contributed by atoms with Crippen molar-refractivity contribution >= 4 is 15.9 Å². The van der Waals surface area contributed by atoms with Gasteiger partial charge < -0.3 is 5.32 Å². The predicted molar refractivity (Wildman–Crippen MR) is 67.3 cm³/mol. The van der Waals surface area contributed by atoms with Crippen molar-refractivity contribution in [2.24, 2.45) is 0 Å². The Kier molecular flexibility index (Phi) is 4.47. The lowest BCUT2D eigenvalue weighted by Gasteiger charge is -2.36. The Labute approximate surface area is 116 Å². The molecular weight excluding hydrogens is 328 g/mol. The fourth-order valence-electron chi connectivity index (χ4n) is 2.24. The van der Waals surface area contributed by atoms with Crippen LogP contribution in [-0.2, 0) is 0 Å². The fourth-order valence-corrected chi connectivity index (χ4v) is 2.62. The van der Waals surface area contributed by atoms with Crippen LogP contribution in [-0.4, -0.2) is 37.3 Å². The van der Waals surface area contributed by atoms with Gasteiger partial charge in [0.1, 0.15) is 11.9 Å². The first kappa shape index (κ1) is 14.7. The van der Waals surface area contributed by atoms with Crippen molar-refractivity contribution in [3.63, 3.8) is 0 Å². The van der Waals surface area contributed by atoms with E-state index in [1.54, 1.807) is 0 Å². The number of hydrogen-bond acceptors (Lipinski definition) is 2. The molecular formula is C12H13BrF4N2. The summed E-state index contributed by atoms with van der Waals surface area (Å²) in [5.41, 5.74) is -0.330. The summed E-state index contributed by atoms with van der Waals surface area (Å²) in [5.74, 6) is -0.830. The molecule has 2 nitrogen and oxygen atoms in total. The molecule has 106 valence electrons. The molecule has 1 aromatic carbocycles. The van der Waals surface area contributed by atoms with Crippen molar-refractivity contribution in [1.82, 2.24) is 10.2 Å². The summed E-state index contributed by atoms with van der Waals surface area (Å²) in [6.45, 7) is 1.44. The third-order valence-electron chi connectivity index (χ3n) is 3.08. The summed E-state index contributed by atoms with van der Waals surface area (Å²) in [4.78, 5) is 1.27. The molecule has 0 saturated carbocycles. The predicted octanol–water partition coefficient (Wildman–Crippen LogP) is 3.10. The molecule has 1 aromatic rings. The van der Waals surface area contributed by atoms with Gasteiger partial charge in [-0.25, -0.2) is 4.39 Å². The van der Waals surface area contributed by atoms with Gasteiger partial charge in [0.2, 0.25) is 0 Å². The zero-order valence-electron chi connectivity index (χ0n) is 9.97. The quantitative estimate of drug-likeness (QED) is 0.832. The molecule has 0 spiro atoms. The second-order valence-corrected chi connectivity index (χ2v) is 5.31. The van der Waals surface area contributed by atoms with Gasteiger partial charge in [-0.15, -0.1) is 0 Å². The number of nitrogens with one attached hydrogen (secondary N) is 1. The Bertz CT molecular complexity index is 444. The minimum atomic E-state index is -4.50. The van der Waals surface area contributed by atoms with Crippen LogP contribution in [0.1, 0.15) is 11.6 Å². The number of halogens is 5. The molecule has 1 fully saturated rings. The van der Waals surface area contributed by atoms with E-state index in [0.29, 0.717) is 17.6 Å². The molecule has 1 aliphatic heterocycles. The zero-order valence-corrected chi connectivity index (χ0v) is 11.6. The molecule has 0 bridgehead atoms. The summed E-state index contributed by atoms with van der Waals surface area (Å²) >= 11 is 3.09. The smallest absolute Gasteiger partial charge is 0.314 e. The van der Waals surface area contributed by atoms with Crippen molar-refractivity contribution in [3.8, 4) is 0 Å². The molecule has 2 rings (SSSR count). The standard InChI is InChI=1S/C12H13BrF4N2/c13-8-1-2-10(14)9(7-8)11(12(15,16)17)19-5-3-18-4-6-19/h1-2,7,11,18H,3-6H2/t11-/m1/s1. The Morgan fingerprint density at radius 2 is 1.84 bits per heavy atom. The molecule has 0 radical (unpaired) electrons. The molecule has 0 amide bonds. The third-order valence-corrected chi connectivity index (χ3v) is 3.57. The molecule has 7 heteroatoms. The summed E-state index contributed by atoms with van der Waals surface area (Å²) in [7, 11) is 0. The molecule has 0 unspecified atom stereocenters. The monoisotopic (exact) mass is 340 g/mol. The number of rotatable bonds is 2. The maximum absolute atomic E-state index is 13.7. The summed E-state index contributed by atoms with van der Waals surface area (Å²) < 4.78 is 54.0. The Morgan fingerprint density at radius 1 is 1.21 bits per heavy atom. The molecule has 1 aliphatic rings. The van der Waals surface area contributed by atoms with Crippen LogP contribution in [0.4, 0.5) is 17.6 Å². The molecule has 1 atom stereocenters. The first-order valence-electron chi connectivity index (χ1n) is 5.86. The van der Waals surface area contributed by atoms with Gasteiger partial charge in [-0.3, -0.25) is 4.90 Å². The van der Waals surface area contributed by atoms with Gasteiger partial charge in [0.05, 0.1) is 0 Å². The van der Waals surface area contributed by atoms with Crippen LogP contribution >= 0.6 is 15.9 Å². The average molecular weight is 341 g/mol. The highest BCUT2D eigenvalue weighted by molar-refractivity contribution is 9.10. The summed E-state index contributed by atoms with van der Waals surface area (Å²) in [5, 5.41) is 2.99. The van der Waals surface area contributed by atoms with E-state index in [9.17, 15) is 17.6 Å². The number of benzene rings is 1. The van der Waals surface area contributed by atoms with Gasteiger partial charge in [0, 0.05) is 36.2 Å². The lowest BCUT2D eigenvalue weighted by Crippen LogP contribution is -2.49. The number of alkyl halides is 3. The average Bonchev–Trinajstić information content (AvgIpc) is 2.33. The molecule has 19 heavy (non-hydrogen) atoms. The van der Waals surface area contributed by atoms with E-state index in [4.69, 9.17) is 0 Å². The second kappa shape index (κ2) is 5.76. The fraction of sp³-hybridized carbons (Fsp3) is 0.500. The Morgan fingerprint density at radius 3 is 2.42 bits per heavy atom. The van der Waals surface area contributed by atoms with Crippen LogP contribution < -0.4 is 5.32 Å². The van der Waals surface area contributed by atoms with Gasteiger partial charge in [-0.05, 0) is 18.2 Å². The lowest BCUT2D eigenvalue weighted by atomic mass is 10.0. The molecule has 1 heterocycles. The van der Waals surface area contributed by atoms with Crippen molar-refractivity contribution in [2.45, 2.75) is 12.2 Å². The number of nitrogens with zero attached hydrogens (tertiary/aromatic N) is 1. The van der Waals surface area contributed by atoms with Crippen LogP contribution in [0.2, 0.25) is 0 Å². The molecule has 0 aromatic heterocycles. The number of piperazine rings is 1. The highest BCUT2D eigenvalue weighted by Gasteiger charge is 2.46. The highest BCUT2D eigenvalue weighted by Crippen LogP contribution is 2.39. The molecule has 1 saturated heterocycles. The van der Waals surface area contributed by atoms with Crippen LogP contribution in [0.5, 0.6) is 0 Å². The van der Waals surface area contributed by atoms with Gasteiger partial charge in [-0.2, -0.15) is 13.2 Å². The Hall–Kier alpha value is -0.660. The van der Waals surface area contributed by atoms with E-state index >= 15 is 0 Å².